The van der Waals surface area contributed by atoms with Gasteiger partial charge in [-0.25, -0.2) is 4.98 Å². The number of carbonyl (C=O) groups is 2. The molecule has 2 aromatic carbocycles. The summed E-state index contributed by atoms with van der Waals surface area (Å²) in [5.41, 5.74) is -0.733. The molecule has 31 heavy (non-hydrogen) atoms. The summed E-state index contributed by atoms with van der Waals surface area (Å²) in [5.74, 6) is -0.380. The van der Waals surface area contributed by atoms with E-state index in [-0.39, 0.29) is 24.4 Å². The maximum absolute atomic E-state index is 13.4. The molecule has 0 aliphatic rings. The first-order chi connectivity index (χ1) is 14.6. The summed E-state index contributed by atoms with van der Waals surface area (Å²) < 4.78 is 45.7. The molecule has 0 spiro atoms. The molecule has 2 amide bonds. The van der Waals surface area contributed by atoms with E-state index in [2.05, 4.69) is 15.6 Å². The van der Waals surface area contributed by atoms with Gasteiger partial charge < -0.3 is 15.1 Å². The molecule has 6 nitrogen and oxygen atoms in total. The second-order valence-electron chi connectivity index (χ2n) is 6.61. The summed E-state index contributed by atoms with van der Waals surface area (Å²) in [6.07, 6.45) is -3.25. The van der Waals surface area contributed by atoms with Crippen LogP contribution in [-0.4, -0.2) is 16.8 Å². The van der Waals surface area contributed by atoms with Gasteiger partial charge in [0, 0.05) is 36.0 Å². The van der Waals surface area contributed by atoms with Gasteiger partial charge >= 0.3 is 6.18 Å². The number of hydrogen-bond acceptors (Lipinski definition) is 4. The largest absolute Gasteiger partial charge is 0.441 e. The van der Waals surface area contributed by atoms with Crippen LogP contribution in [0, 0.1) is 0 Å². The molecule has 0 radical (unpaired) electrons. The zero-order valence-electron chi connectivity index (χ0n) is 16.2. The molecule has 0 unspecified atom stereocenters. The number of oxazole rings is 1. The Morgan fingerprint density at radius 3 is 2.45 bits per heavy atom. The molecule has 2 N–H and O–H groups in total. The summed E-state index contributed by atoms with van der Waals surface area (Å²) in [6.45, 7) is 1.18. The smallest absolute Gasteiger partial charge is 0.418 e. The van der Waals surface area contributed by atoms with Crippen LogP contribution in [0.25, 0.3) is 11.3 Å². The van der Waals surface area contributed by atoms with Crippen molar-refractivity contribution in [2.45, 2.75) is 25.9 Å². The van der Waals surface area contributed by atoms with E-state index >= 15 is 0 Å². The van der Waals surface area contributed by atoms with Gasteiger partial charge in [-0.1, -0.05) is 11.6 Å². The molecular weight excluding hydrogens is 435 g/mol. The summed E-state index contributed by atoms with van der Waals surface area (Å²) in [4.78, 5) is 27.4. The molecule has 1 heterocycles. The molecule has 0 fully saturated rings. The maximum atomic E-state index is 13.4. The number of nitrogens with one attached hydrogen (secondary N) is 2. The number of aryl methyl sites for hydroxylation is 1. The van der Waals surface area contributed by atoms with Crippen molar-refractivity contribution >= 4 is 34.8 Å². The minimum absolute atomic E-state index is 0.0210. The number of carbonyl (C=O) groups excluding carboxylic acids is 2. The van der Waals surface area contributed by atoms with Crippen LogP contribution in [0.2, 0.25) is 5.02 Å². The highest BCUT2D eigenvalue weighted by Gasteiger charge is 2.34. The Hall–Kier alpha value is -3.33. The van der Waals surface area contributed by atoms with Crippen molar-refractivity contribution in [3.63, 3.8) is 0 Å². The van der Waals surface area contributed by atoms with E-state index in [0.717, 1.165) is 17.7 Å². The molecule has 162 valence electrons. The predicted octanol–water partition coefficient (Wildman–Crippen LogP) is 5.54. The van der Waals surface area contributed by atoms with Gasteiger partial charge in [0.2, 0.25) is 11.8 Å². The van der Waals surface area contributed by atoms with E-state index < -0.39 is 29.2 Å². The van der Waals surface area contributed by atoms with Crippen molar-refractivity contribution in [3.05, 3.63) is 65.1 Å². The Labute approximate surface area is 180 Å². The Morgan fingerprint density at radius 1 is 1.10 bits per heavy atom. The number of aromatic nitrogens is 1. The fourth-order valence-corrected chi connectivity index (χ4v) is 2.90. The Bertz CT molecular complexity index is 1100. The van der Waals surface area contributed by atoms with Gasteiger partial charge in [0.15, 0.2) is 11.7 Å². The molecule has 0 bridgehead atoms. The van der Waals surface area contributed by atoms with E-state index in [4.69, 9.17) is 16.0 Å². The third-order valence-electron chi connectivity index (χ3n) is 4.17. The molecular formula is C21H17ClF3N3O3. The number of hydrogen-bond donors (Lipinski definition) is 2. The first kappa shape index (κ1) is 22.4. The number of nitrogens with zero attached hydrogens (tertiary/aromatic N) is 1. The number of anilines is 2. The lowest BCUT2D eigenvalue weighted by atomic mass is 10.1. The second kappa shape index (κ2) is 9.22. The van der Waals surface area contributed by atoms with Crippen molar-refractivity contribution in [3.8, 4) is 11.3 Å². The van der Waals surface area contributed by atoms with Crippen LogP contribution in [0.1, 0.15) is 24.8 Å². The number of alkyl halides is 3. The summed E-state index contributed by atoms with van der Waals surface area (Å²) in [5, 5.41) is 5.11. The van der Waals surface area contributed by atoms with E-state index in [1.54, 1.807) is 24.3 Å². The van der Waals surface area contributed by atoms with Gasteiger partial charge in [-0.2, -0.15) is 13.2 Å². The minimum atomic E-state index is -4.72. The third kappa shape index (κ3) is 6.08. The summed E-state index contributed by atoms with van der Waals surface area (Å²) in [7, 11) is 0. The predicted molar refractivity (Wildman–Crippen MR) is 110 cm³/mol. The lowest BCUT2D eigenvalue weighted by Crippen LogP contribution is -2.17. The van der Waals surface area contributed by atoms with Gasteiger partial charge in [-0.3, -0.25) is 9.59 Å². The van der Waals surface area contributed by atoms with Crippen LogP contribution >= 0.6 is 11.6 Å². The number of rotatable bonds is 6. The Morgan fingerprint density at radius 2 is 1.81 bits per heavy atom. The average Bonchev–Trinajstić information content (AvgIpc) is 3.16. The van der Waals surface area contributed by atoms with Crippen molar-refractivity contribution < 1.29 is 27.2 Å². The molecule has 0 aliphatic carbocycles. The minimum Gasteiger partial charge on any atom is -0.441 e. The molecule has 3 rings (SSSR count). The first-order valence-electron chi connectivity index (χ1n) is 9.11. The van der Waals surface area contributed by atoms with E-state index in [1.165, 1.54) is 19.2 Å². The Kier molecular flexibility index (Phi) is 6.65. The van der Waals surface area contributed by atoms with Crippen LogP contribution in [0.4, 0.5) is 24.5 Å². The van der Waals surface area contributed by atoms with Gasteiger partial charge in [0.25, 0.3) is 0 Å². The number of amides is 2. The zero-order valence-corrected chi connectivity index (χ0v) is 17.0. The van der Waals surface area contributed by atoms with E-state index in [0.29, 0.717) is 10.8 Å². The molecule has 10 heteroatoms. The highest BCUT2D eigenvalue weighted by molar-refractivity contribution is 6.30. The topological polar surface area (TPSA) is 84.2 Å². The maximum Gasteiger partial charge on any atom is 0.418 e. The van der Waals surface area contributed by atoms with Crippen LogP contribution in [-0.2, 0) is 22.2 Å². The zero-order chi connectivity index (χ0) is 22.6. The normalized spacial score (nSPS) is 11.3. The average molecular weight is 452 g/mol. The van der Waals surface area contributed by atoms with Gasteiger partial charge in [0.1, 0.15) is 0 Å². The Balaban J connectivity index is 1.66. The fraction of sp³-hybridized carbons (Fsp3) is 0.190. The van der Waals surface area contributed by atoms with Crippen molar-refractivity contribution in [1.29, 1.82) is 0 Å². The second-order valence-corrected chi connectivity index (χ2v) is 7.05. The van der Waals surface area contributed by atoms with Gasteiger partial charge in [-0.15, -0.1) is 0 Å². The standard InChI is InChI=1S/C21H17ClF3N3O3/c1-12(29)27-15-6-7-17(16(10-15)21(23,24)25)28-19(30)8-9-20-26-11-18(31-20)13-2-4-14(22)5-3-13/h2-7,10-11H,8-9H2,1H3,(H,27,29)(H,28,30). The molecule has 0 atom stereocenters. The summed E-state index contributed by atoms with van der Waals surface area (Å²) in [6, 6.07) is 10.0. The molecule has 0 aliphatic heterocycles. The lowest BCUT2D eigenvalue weighted by Gasteiger charge is -2.15. The monoisotopic (exact) mass is 451 g/mol. The van der Waals surface area contributed by atoms with Crippen molar-refractivity contribution in [2.24, 2.45) is 0 Å². The van der Waals surface area contributed by atoms with E-state index in [9.17, 15) is 22.8 Å². The number of benzene rings is 2. The van der Waals surface area contributed by atoms with Crippen LogP contribution in [0.3, 0.4) is 0 Å². The number of halogens is 4. The van der Waals surface area contributed by atoms with Crippen molar-refractivity contribution in [1.82, 2.24) is 4.98 Å². The van der Waals surface area contributed by atoms with Crippen LogP contribution < -0.4 is 10.6 Å². The SMILES string of the molecule is CC(=O)Nc1ccc(NC(=O)CCc2ncc(-c3ccc(Cl)cc3)o2)c(C(F)(F)F)c1. The van der Waals surface area contributed by atoms with Crippen molar-refractivity contribution in [2.75, 3.05) is 10.6 Å². The lowest BCUT2D eigenvalue weighted by molar-refractivity contribution is -0.137. The quantitative estimate of drug-likeness (QED) is 0.515. The van der Waals surface area contributed by atoms with Crippen LogP contribution in [0.5, 0.6) is 0 Å². The fourth-order valence-electron chi connectivity index (χ4n) is 2.78. The van der Waals surface area contributed by atoms with E-state index in [1.807, 2.05) is 0 Å². The third-order valence-corrected chi connectivity index (χ3v) is 4.42. The molecule has 0 saturated heterocycles. The molecule has 3 aromatic rings. The molecule has 0 saturated carbocycles. The van der Waals surface area contributed by atoms with Gasteiger partial charge in [0.05, 0.1) is 17.4 Å². The van der Waals surface area contributed by atoms with Crippen LogP contribution in [0.15, 0.2) is 53.1 Å². The highest BCUT2D eigenvalue weighted by atomic mass is 35.5. The summed E-state index contributed by atoms with van der Waals surface area (Å²) >= 11 is 5.85. The highest BCUT2D eigenvalue weighted by Crippen LogP contribution is 2.36. The first-order valence-corrected chi connectivity index (χ1v) is 9.49. The molecule has 1 aromatic heterocycles. The van der Waals surface area contributed by atoms with Gasteiger partial charge in [-0.05, 0) is 42.5 Å².